The number of hydrogen-bond donors (Lipinski definition) is 4. The molecule has 6 nitrogen and oxygen atoms in total. The third-order valence-corrected chi connectivity index (χ3v) is 3.59. The average molecular weight is 224 g/mol. The molecular formula is C10H12N2O4. The number of hydrogen-bond acceptors (Lipinski definition) is 5. The van der Waals surface area contributed by atoms with E-state index in [4.69, 9.17) is 26.3 Å². The van der Waals surface area contributed by atoms with Crippen molar-refractivity contribution >= 4 is 5.97 Å². The van der Waals surface area contributed by atoms with E-state index in [9.17, 15) is 4.79 Å². The summed E-state index contributed by atoms with van der Waals surface area (Å²) in [6.45, 7) is 0. The molecular weight excluding hydrogens is 212 g/mol. The highest BCUT2D eigenvalue weighted by Gasteiger charge is 2.71. The molecule has 0 bridgehead atoms. The van der Waals surface area contributed by atoms with Gasteiger partial charge in [0.15, 0.2) is 6.29 Å². The minimum absolute atomic E-state index is 0.106. The van der Waals surface area contributed by atoms with Crippen LogP contribution >= 0.6 is 0 Å². The fraction of sp³-hybridized carbons (Fsp3) is 0.600. The van der Waals surface area contributed by atoms with E-state index >= 15 is 0 Å². The molecule has 2 saturated carbocycles. The van der Waals surface area contributed by atoms with Crippen molar-refractivity contribution < 1.29 is 20.1 Å². The van der Waals surface area contributed by atoms with E-state index in [-0.39, 0.29) is 12.3 Å². The average Bonchev–Trinajstić information content (AvgIpc) is 2.85. The number of aliphatic hydroxyl groups excluding tert-OH is 1. The van der Waals surface area contributed by atoms with Crippen LogP contribution in [0.1, 0.15) is 6.42 Å². The molecule has 0 radical (unpaired) electrons. The first kappa shape index (κ1) is 11.1. The number of fused-ring (bicyclic) bond motifs is 1. The van der Waals surface area contributed by atoms with Crippen LogP contribution in [-0.4, -0.2) is 33.1 Å². The molecule has 0 spiro atoms. The third kappa shape index (κ3) is 1.26. The first-order valence-electron chi connectivity index (χ1n) is 4.90. The molecule has 0 aliphatic heterocycles. The van der Waals surface area contributed by atoms with E-state index < -0.39 is 29.6 Å². The van der Waals surface area contributed by atoms with Gasteiger partial charge in [-0.25, -0.2) is 0 Å². The van der Waals surface area contributed by atoms with Crippen molar-refractivity contribution in [2.75, 3.05) is 0 Å². The summed E-state index contributed by atoms with van der Waals surface area (Å²) in [6.07, 6.45) is -0.217. The van der Waals surface area contributed by atoms with E-state index in [0.29, 0.717) is 5.57 Å². The van der Waals surface area contributed by atoms with Gasteiger partial charge in [0, 0.05) is 17.9 Å². The summed E-state index contributed by atoms with van der Waals surface area (Å²) in [5.41, 5.74) is 4.90. The topological polar surface area (TPSA) is 128 Å². The maximum Gasteiger partial charge on any atom is 0.324 e. The van der Waals surface area contributed by atoms with Gasteiger partial charge in [-0.2, -0.15) is 5.26 Å². The summed E-state index contributed by atoms with van der Waals surface area (Å²) in [4.78, 5) is 11.1. The zero-order valence-corrected chi connectivity index (χ0v) is 8.37. The molecule has 5 N–H and O–H groups in total. The van der Waals surface area contributed by atoms with Crippen molar-refractivity contribution in [2.45, 2.75) is 18.2 Å². The van der Waals surface area contributed by atoms with Crippen LogP contribution in [-0.2, 0) is 4.79 Å². The molecule has 2 aliphatic carbocycles. The number of allylic oxidation sites excluding steroid dienone is 1. The number of carbonyl (C=O) groups is 1. The molecule has 86 valence electrons. The van der Waals surface area contributed by atoms with Gasteiger partial charge < -0.3 is 21.1 Å². The van der Waals surface area contributed by atoms with Crippen LogP contribution in [0.4, 0.5) is 0 Å². The Labute approximate surface area is 91.6 Å². The van der Waals surface area contributed by atoms with Crippen molar-refractivity contribution in [3.05, 3.63) is 11.6 Å². The number of nitriles is 1. The Bertz CT molecular complexity index is 412. The predicted octanol–water partition coefficient (Wildman–Crippen LogP) is -1.20. The lowest BCUT2D eigenvalue weighted by molar-refractivity contribution is -0.144. The van der Waals surface area contributed by atoms with Crippen LogP contribution in [0, 0.1) is 29.1 Å². The maximum absolute atomic E-state index is 11.1. The molecule has 2 rings (SSSR count). The van der Waals surface area contributed by atoms with Crippen LogP contribution in [0.15, 0.2) is 11.6 Å². The SMILES string of the molecule is N#CC=C1CC(N)(C(=O)O)C2C1C2C(O)O. The largest absolute Gasteiger partial charge is 0.480 e. The van der Waals surface area contributed by atoms with Crippen LogP contribution < -0.4 is 5.73 Å². The van der Waals surface area contributed by atoms with Crippen molar-refractivity contribution in [2.24, 2.45) is 23.5 Å². The van der Waals surface area contributed by atoms with Gasteiger partial charge in [0.05, 0.1) is 6.07 Å². The van der Waals surface area contributed by atoms with E-state index in [2.05, 4.69) is 0 Å². The Kier molecular flexibility index (Phi) is 2.27. The molecule has 16 heavy (non-hydrogen) atoms. The summed E-state index contributed by atoms with van der Waals surface area (Å²) in [5.74, 6) is -2.48. The van der Waals surface area contributed by atoms with Gasteiger partial charge in [-0.15, -0.1) is 0 Å². The molecule has 0 aromatic carbocycles. The fourth-order valence-corrected chi connectivity index (χ4v) is 2.87. The number of carboxylic acids is 1. The second-order valence-corrected chi connectivity index (χ2v) is 4.41. The van der Waals surface area contributed by atoms with Crippen LogP contribution in [0.25, 0.3) is 0 Å². The van der Waals surface area contributed by atoms with E-state index in [1.54, 1.807) is 0 Å². The lowest BCUT2D eigenvalue weighted by Crippen LogP contribution is -2.49. The second-order valence-electron chi connectivity index (χ2n) is 4.41. The highest BCUT2D eigenvalue weighted by Crippen LogP contribution is 2.64. The molecule has 0 aromatic rings. The van der Waals surface area contributed by atoms with Gasteiger partial charge in [0.1, 0.15) is 5.54 Å². The number of nitrogens with two attached hydrogens (primary N) is 1. The second kappa shape index (κ2) is 3.28. The summed E-state index contributed by atoms with van der Waals surface area (Å²) in [7, 11) is 0. The minimum atomic E-state index is -1.58. The Balaban J connectivity index is 2.33. The Morgan fingerprint density at radius 1 is 1.69 bits per heavy atom. The lowest BCUT2D eigenvalue weighted by atomic mass is 9.90. The first-order valence-corrected chi connectivity index (χ1v) is 4.90. The zero-order valence-electron chi connectivity index (χ0n) is 8.37. The minimum Gasteiger partial charge on any atom is -0.480 e. The Hall–Kier alpha value is -1.42. The number of carboxylic acid groups (broad SMARTS) is 1. The van der Waals surface area contributed by atoms with Crippen molar-refractivity contribution in [1.29, 1.82) is 5.26 Å². The van der Waals surface area contributed by atoms with Crippen molar-refractivity contribution in [3.63, 3.8) is 0 Å². The molecule has 6 heteroatoms. The normalized spacial score (nSPS) is 43.2. The van der Waals surface area contributed by atoms with Crippen LogP contribution in [0.2, 0.25) is 0 Å². The Morgan fingerprint density at radius 2 is 2.31 bits per heavy atom. The zero-order chi connectivity index (χ0) is 12.1. The molecule has 4 atom stereocenters. The molecule has 2 aliphatic rings. The van der Waals surface area contributed by atoms with Crippen LogP contribution in [0.5, 0.6) is 0 Å². The smallest absolute Gasteiger partial charge is 0.324 e. The van der Waals surface area contributed by atoms with Crippen molar-refractivity contribution in [3.8, 4) is 6.07 Å². The van der Waals surface area contributed by atoms with Crippen LogP contribution in [0.3, 0.4) is 0 Å². The Morgan fingerprint density at radius 3 is 2.75 bits per heavy atom. The van der Waals surface area contributed by atoms with E-state index in [1.807, 2.05) is 6.07 Å². The summed E-state index contributed by atoms with van der Waals surface area (Å²) in [6, 6.07) is 1.83. The fourth-order valence-electron chi connectivity index (χ4n) is 2.87. The molecule has 4 unspecified atom stereocenters. The molecule has 0 aromatic heterocycles. The third-order valence-electron chi connectivity index (χ3n) is 3.59. The number of nitrogens with zero attached hydrogens (tertiary/aromatic N) is 1. The highest BCUT2D eigenvalue weighted by molar-refractivity contribution is 5.82. The van der Waals surface area contributed by atoms with Gasteiger partial charge in [-0.1, -0.05) is 5.57 Å². The van der Waals surface area contributed by atoms with Gasteiger partial charge in [0.25, 0.3) is 0 Å². The first-order chi connectivity index (χ1) is 7.43. The predicted molar refractivity (Wildman–Crippen MR) is 51.6 cm³/mol. The van der Waals surface area contributed by atoms with Gasteiger partial charge >= 0.3 is 5.97 Å². The highest BCUT2D eigenvalue weighted by atomic mass is 16.5. The standard InChI is InChI=1S/C10H12N2O4/c11-2-1-4-3-10(12,9(15)16)7-5(4)6(7)8(13)14/h1,5-8,13-14H,3,12H2,(H,15,16). The molecule has 0 saturated heterocycles. The quantitative estimate of drug-likeness (QED) is 0.344. The van der Waals surface area contributed by atoms with Crippen molar-refractivity contribution in [1.82, 2.24) is 0 Å². The summed E-state index contributed by atoms with van der Waals surface area (Å²) in [5, 5.41) is 35.8. The van der Waals surface area contributed by atoms with Gasteiger partial charge in [-0.05, 0) is 12.3 Å². The lowest BCUT2D eigenvalue weighted by Gasteiger charge is -2.23. The van der Waals surface area contributed by atoms with E-state index in [0.717, 1.165) is 0 Å². The number of aliphatic carboxylic acids is 1. The van der Waals surface area contributed by atoms with Gasteiger partial charge in [0.2, 0.25) is 0 Å². The van der Waals surface area contributed by atoms with E-state index in [1.165, 1.54) is 6.08 Å². The molecule has 0 amide bonds. The number of aliphatic hydroxyl groups is 2. The monoisotopic (exact) mass is 224 g/mol. The molecule has 2 fully saturated rings. The summed E-state index contributed by atoms with van der Waals surface area (Å²) < 4.78 is 0. The van der Waals surface area contributed by atoms with Gasteiger partial charge in [-0.3, -0.25) is 4.79 Å². The molecule has 0 heterocycles. The number of rotatable bonds is 2. The maximum atomic E-state index is 11.1. The summed E-state index contributed by atoms with van der Waals surface area (Å²) >= 11 is 0.